The molecule has 0 aromatic rings. The average Bonchev–Trinajstić information content (AvgIpc) is 2.16. The first-order chi connectivity index (χ1) is 6.72. The summed E-state index contributed by atoms with van der Waals surface area (Å²) in [5.74, 6) is -0.715. The van der Waals surface area contributed by atoms with Crippen molar-refractivity contribution in [1.82, 2.24) is 10.2 Å². The molecule has 0 aliphatic carbocycles. The second-order valence-corrected chi connectivity index (χ2v) is 3.63. The van der Waals surface area contributed by atoms with Crippen LogP contribution < -0.4 is 5.32 Å². The van der Waals surface area contributed by atoms with Gasteiger partial charge in [-0.1, -0.05) is 6.08 Å². The van der Waals surface area contributed by atoms with Gasteiger partial charge in [0.15, 0.2) is 0 Å². The Bertz CT molecular complexity index is 206. The van der Waals surface area contributed by atoms with Crippen molar-refractivity contribution in [3.8, 4) is 0 Å². The largest absolute Gasteiger partial charge is 0.481 e. The molecule has 80 valence electrons. The Balaban J connectivity index is 2.25. The van der Waals surface area contributed by atoms with E-state index in [2.05, 4.69) is 16.8 Å². The zero-order valence-corrected chi connectivity index (χ0v) is 8.41. The van der Waals surface area contributed by atoms with Crippen LogP contribution in [0.25, 0.3) is 0 Å². The topological polar surface area (TPSA) is 52.6 Å². The van der Waals surface area contributed by atoms with Crippen LogP contribution in [0.1, 0.15) is 12.8 Å². The highest BCUT2D eigenvalue weighted by molar-refractivity contribution is 5.66. The van der Waals surface area contributed by atoms with Crippen molar-refractivity contribution in [2.45, 2.75) is 18.9 Å². The quantitative estimate of drug-likeness (QED) is 0.624. The van der Waals surface area contributed by atoms with Crippen LogP contribution >= 0.6 is 0 Å². The number of hydrogen-bond donors (Lipinski definition) is 2. The Morgan fingerprint density at radius 1 is 1.71 bits per heavy atom. The van der Waals surface area contributed by atoms with Crippen molar-refractivity contribution >= 4 is 5.97 Å². The summed E-state index contributed by atoms with van der Waals surface area (Å²) in [5.41, 5.74) is 0. The van der Waals surface area contributed by atoms with Gasteiger partial charge in [-0.05, 0) is 6.42 Å². The van der Waals surface area contributed by atoms with Gasteiger partial charge in [0.05, 0.1) is 0 Å². The lowest BCUT2D eigenvalue weighted by atomic mass is 10.1. The molecule has 0 saturated carbocycles. The Kier molecular flexibility index (Phi) is 4.62. The highest BCUT2D eigenvalue weighted by Gasteiger charge is 2.18. The minimum atomic E-state index is -0.715. The van der Waals surface area contributed by atoms with E-state index in [4.69, 9.17) is 5.11 Å². The third-order valence-electron chi connectivity index (χ3n) is 2.43. The second kappa shape index (κ2) is 5.78. The van der Waals surface area contributed by atoms with Crippen molar-refractivity contribution in [2.24, 2.45) is 0 Å². The molecule has 0 aromatic carbocycles. The van der Waals surface area contributed by atoms with E-state index in [9.17, 15) is 4.79 Å². The highest BCUT2D eigenvalue weighted by Crippen LogP contribution is 2.04. The minimum absolute atomic E-state index is 0.250. The fourth-order valence-corrected chi connectivity index (χ4v) is 1.73. The van der Waals surface area contributed by atoms with Crippen molar-refractivity contribution in [3.05, 3.63) is 12.7 Å². The maximum absolute atomic E-state index is 10.4. The van der Waals surface area contributed by atoms with E-state index in [0.717, 1.165) is 26.2 Å². The number of nitrogens with zero attached hydrogens (tertiary/aromatic N) is 1. The number of rotatable bonds is 5. The van der Waals surface area contributed by atoms with Gasteiger partial charge in [0, 0.05) is 38.6 Å². The molecule has 1 aliphatic rings. The fraction of sp³-hybridized carbons (Fsp3) is 0.700. The summed E-state index contributed by atoms with van der Waals surface area (Å²) in [5, 5.41) is 11.9. The predicted octanol–water partition coefficient (Wildman–Crippen LogP) is 0.311. The number of piperazine rings is 1. The summed E-state index contributed by atoms with van der Waals surface area (Å²) < 4.78 is 0. The molecular formula is C10H18N2O2. The van der Waals surface area contributed by atoms with Crippen LogP contribution in [0, 0.1) is 0 Å². The number of carbonyl (C=O) groups is 1. The maximum Gasteiger partial charge on any atom is 0.303 e. The molecule has 0 radical (unpaired) electrons. The molecule has 1 atom stereocenters. The molecule has 1 rings (SSSR count). The third-order valence-corrected chi connectivity index (χ3v) is 2.43. The van der Waals surface area contributed by atoms with Gasteiger partial charge in [0.2, 0.25) is 0 Å². The first-order valence-corrected chi connectivity index (χ1v) is 5.01. The normalized spacial score (nSPS) is 23.3. The SMILES string of the molecule is C=CCN1CCNC(CCC(=O)O)C1. The summed E-state index contributed by atoms with van der Waals surface area (Å²) in [6.45, 7) is 7.49. The summed E-state index contributed by atoms with van der Waals surface area (Å²) >= 11 is 0. The number of carboxylic acid groups (broad SMARTS) is 1. The molecule has 0 amide bonds. The molecular weight excluding hydrogens is 180 g/mol. The van der Waals surface area contributed by atoms with Crippen molar-refractivity contribution in [2.75, 3.05) is 26.2 Å². The molecule has 14 heavy (non-hydrogen) atoms. The molecule has 1 aliphatic heterocycles. The van der Waals surface area contributed by atoms with E-state index >= 15 is 0 Å². The van der Waals surface area contributed by atoms with E-state index in [1.807, 2.05) is 6.08 Å². The van der Waals surface area contributed by atoms with Gasteiger partial charge >= 0.3 is 5.97 Å². The Morgan fingerprint density at radius 3 is 3.14 bits per heavy atom. The summed E-state index contributed by atoms with van der Waals surface area (Å²) in [7, 11) is 0. The van der Waals surface area contributed by atoms with Crippen LogP contribution in [-0.4, -0.2) is 48.2 Å². The van der Waals surface area contributed by atoms with Gasteiger partial charge in [0.1, 0.15) is 0 Å². The molecule has 1 unspecified atom stereocenters. The highest BCUT2D eigenvalue weighted by atomic mass is 16.4. The van der Waals surface area contributed by atoms with Gasteiger partial charge in [-0.15, -0.1) is 6.58 Å². The van der Waals surface area contributed by atoms with Gasteiger partial charge in [-0.25, -0.2) is 0 Å². The van der Waals surface area contributed by atoms with Crippen LogP contribution in [0.5, 0.6) is 0 Å². The van der Waals surface area contributed by atoms with E-state index in [0.29, 0.717) is 12.5 Å². The predicted molar refractivity (Wildman–Crippen MR) is 55.3 cm³/mol. The van der Waals surface area contributed by atoms with E-state index < -0.39 is 5.97 Å². The van der Waals surface area contributed by atoms with Crippen LogP contribution in [0.3, 0.4) is 0 Å². The van der Waals surface area contributed by atoms with Gasteiger partial charge in [-0.3, -0.25) is 9.69 Å². The number of nitrogens with one attached hydrogen (secondary N) is 1. The van der Waals surface area contributed by atoms with Crippen LogP contribution in [0.4, 0.5) is 0 Å². The van der Waals surface area contributed by atoms with Gasteiger partial charge in [0.25, 0.3) is 0 Å². The Labute approximate surface area is 84.6 Å². The molecule has 1 saturated heterocycles. The third kappa shape index (κ3) is 3.89. The lowest BCUT2D eigenvalue weighted by Crippen LogP contribution is -2.50. The molecule has 4 heteroatoms. The van der Waals surface area contributed by atoms with E-state index in [1.165, 1.54) is 0 Å². The summed E-state index contributed by atoms with van der Waals surface area (Å²) in [6.07, 6.45) is 2.85. The van der Waals surface area contributed by atoms with Gasteiger partial charge < -0.3 is 10.4 Å². The number of carboxylic acids is 1. The van der Waals surface area contributed by atoms with Crippen LogP contribution in [0.2, 0.25) is 0 Å². The van der Waals surface area contributed by atoms with Crippen molar-refractivity contribution < 1.29 is 9.90 Å². The molecule has 1 fully saturated rings. The molecule has 0 aromatic heterocycles. The molecule has 2 N–H and O–H groups in total. The minimum Gasteiger partial charge on any atom is -0.481 e. The lowest BCUT2D eigenvalue weighted by molar-refractivity contribution is -0.137. The first kappa shape index (κ1) is 11.2. The fourth-order valence-electron chi connectivity index (χ4n) is 1.73. The molecule has 4 nitrogen and oxygen atoms in total. The summed E-state index contributed by atoms with van der Waals surface area (Å²) in [4.78, 5) is 12.7. The average molecular weight is 198 g/mol. The number of aliphatic carboxylic acids is 1. The first-order valence-electron chi connectivity index (χ1n) is 5.01. The number of hydrogen-bond acceptors (Lipinski definition) is 3. The zero-order valence-electron chi connectivity index (χ0n) is 8.41. The molecule has 1 heterocycles. The molecule has 0 bridgehead atoms. The lowest BCUT2D eigenvalue weighted by Gasteiger charge is -2.32. The molecule has 0 spiro atoms. The van der Waals surface area contributed by atoms with Crippen LogP contribution in [-0.2, 0) is 4.79 Å². The Morgan fingerprint density at radius 2 is 2.50 bits per heavy atom. The van der Waals surface area contributed by atoms with Crippen molar-refractivity contribution in [1.29, 1.82) is 0 Å². The van der Waals surface area contributed by atoms with Crippen LogP contribution in [0.15, 0.2) is 12.7 Å². The monoisotopic (exact) mass is 198 g/mol. The Hall–Kier alpha value is -0.870. The van der Waals surface area contributed by atoms with E-state index in [-0.39, 0.29) is 6.42 Å². The van der Waals surface area contributed by atoms with Gasteiger partial charge in [-0.2, -0.15) is 0 Å². The standard InChI is InChI=1S/C10H18N2O2/c1-2-6-12-7-5-11-9(8-12)3-4-10(13)14/h2,9,11H,1,3-8H2,(H,13,14). The summed E-state index contributed by atoms with van der Waals surface area (Å²) in [6, 6.07) is 0.319. The second-order valence-electron chi connectivity index (χ2n) is 3.63. The smallest absolute Gasteiger partial charge is 0.303 e. The maximum atomic E-state index is 10.4. The van der Waals surface area contributed by atoms with Crippen molar-refractivity contribution in [3.63, 3.8) is 0 Å². The zero-order chi connectivity index (χ0) is 10.4. The van der Waals surface area contributed by atoms with E-state index in [1.54, 1.807) is 0 Å².